The number of carbonyl (C=O) groups is 2. The molecular weight excluding hydrogens is 297 g/mol. The Morgan fingerprint density at radius 2 is 2.24 bits per heavy atom. The highest BCUT2D eigenvalue weighted by atomic mass is 35.5. The summed E-state index contributed by atoms with van der Waals surface area (Å²) < 4.78 is 18.7. The molecule has 1 fully saturated rings. The molecule has 6 heteroatoms. The van der Waals surface area contributed by atoms with Gasteiger partial charge in [-0.15, -0.1) is 0 Å². The van der Waals surface area contributed by atoms with Crippen LogP contribution in [-0.2, 0) is 9.53 Å². The summed E-state index contributed by atoms with van der Waals surface area (Å²) in [4.78, 5) is 25.6. The normalized spacial score (nSPS) is 18.4. The van der Waals surface area contributed by atoms with Crippen LogP contribution in [0.5, 0.6) is 0 Å². The predicted octanol–water partition coefficient (Wildman–Crippen LogP) is 2.89. The summed E-state index contributed by atoms with van der Waals surface area (Å²) in [6, 6.07) is 3.88. The highest BCUT2D eigenvalue weighted by Crippen LogP contribution is 2.22. The van der Waals surface area contributed by atoms with Crippen molar-refractivity contribution >= 4 is 23.5 Å². The number of halogens is 2. The van der Waals surface area contributed by atoms with Gasteiger partial charge in [0.25, 0.3) is 5.91 Å². The summed E-state index contributed by atoms with van der Waals surface area (Å²) in [5.41, 5.74) is -0.0630. The Morgan fingerprint density at radius 1 is 1.48 bits per heavy atom. The van der Waals surface area contributed by atoms with E-state index in [0.717, 1.165) is 0 Å². The molecule has 0 bridgehead atoms. The van der Waals surface area contributed by atoms with E-state index in [0.29, 0.717) is 31.0 Å². The van der Waals surface area contributed by atoms with Gasteiger partial charge in [-0.2, -0.15) is 0 Å². The Labute approximate surface area is 127 Å². The molecule has 2 rings (SSSR count). The molecule has 1 aliphatic heterocycles. The average molecular weight is 314 g/mol. The van der Waals surface area contributed by atoms with Crippen LogP contribution < -0.4 is 0 Å². The van der Waals surface area contributed by atoms with Gasteiger partial charge in [-0.25, -0.2) is 4.39 Å². The van der Waals surface area contributed by atoms with Crippen LogP contribution in [0.4, 0.5) is 4.39 Å². The van der Waals surface area contributed by atoms with Crippen molar-refractivity contribution in [1.29, 1.82) is 0 Å². The molecule has 1 amide bonds. The molecule has 0 N–H and O–H groups in total. The summed E-state index contributed by atoms with van der Waals surface area (Å²) in [5, 5.41) is 0.304. The molecule has 0 unspecified atom stereocenters. The maximum absolute atomic E-state index is 13.8. The molecular formula is C15H17ClFNO3. The van der Waals surface area contributed by atoms with Crippen molar-refractivity contribution in [2.24, 2.45) is 5.92 Å². The lowest BCUT2D eigenvalue weighted by molar-refractivity contribution is -0.149. The second-order valence-electron chi connectivity index (χ2n) is 4.97. The number of nitrogens with zero attached hydrogens (tertiary/aromatic N) is 1. The molecule has 1 aromatic carbocycles. The fourth-order valence-corrected chi connectivity index (χ4v) is 2.62. The number of likely N-dealkylation sites (tertiary alicyclic amines) is 1. The van der Waals surface area contributed by atoms with E-state index in [1.807, 2.05) is 0 Å². The first kappa shape index (κ1) is 15.8. The third-order valence-electron chi connectivity index (χ3n) is 3.49. The quantitative estimate of drug-likeness (QED) is 0.806. The Morgan fingerprint density at radius 3 is 2.95 bits per heavy atom. The van der Waals surface area contributed by atoms with Gasteiger partial charge in [-0.05, 0) is 38.0 Å². The van der Waals surface area contributed by atoms with E-state index in [4.69, 9.17) is 16.3 Å². The standard InChI is InChI=1S/C15H17ClFNO3/c1-2-21-15(20)10-4-3-7-18(9-10)14(19)12-8-11(16)5-6-13(12)17/h5-6,8,10H,2-4,7,9H2,1H3/t10-/m0/s1. The molecule has 0 aromatic heterocycles. The largest absolute Gasteiger partial charge is 0.466 e. The zero-order chi connectivity index (χ0) is 15.4. The number of hydrogen-bond acceptors (Lipinski definition) is 3. The summed E-state index contributed by atoms with van der Waals surface area (Å²) in [5.74, 6) is -1.70. The van der Waals surface area contributed by atoms with Crippen LogP contribution in [0.2, 0.25) is 5.02 Å². The minimum atomic E-state index is -0.609. The van der Waals surface area contributed by atoms with E-state index < -0.39 is 11.7 Å². The molecule has 1 aliphatic rings. The zero-order valence-corrected chi connectivity index (χ0v) is 12.5. The van der Waals surface area contributed by atoms with Gasteiger partial charge in [0.15, 0.2) is 0 Å². The van der Waals surface area contributed by atoms with Crippen LogP contribution in [0.25, 0.3) is 0 Å². The molecule has 1 aromatic rings. The first-order chi connectivity index (χ1) is 10.0. The van der Waals surface area contributed by atoms with Crippen LogP contribution in [0, 0.1) is 11.7 Å². The van der Waals surface area contributed by atoms with Crippen molar-refractivity contribution in [2.75, 3.05) is 19.7 Å². The molecule has 4 nitrogen and oxygen atoms in total. The number of ether oxygens (including phenoxy) is 1. The molecule has 21 heavy (non-hydrogen) atoms. The molecule has 1 atom stereocenters. The van der Waals surface area contributed by atoms with Crippen LogP contribution in [0.3, 0.4) is 0 Å². The maximum Gasteiger partial charge on any atom is 0.310 e. The highest BCUT2D eigenvalue weighted by Gasteiger charge is 2.30. The van der Waals surface area contributed by atoms with Crippen molar-refractivity contribution in [3.8, 4) is 0 Å². The Bertz CT molecular complexity index is 550. The van der Waals surface area contributed by atoms with Crippen molar-refractivity contribution in [1.82, 2.24) is 4.90 Å². The van der Waals surface area contributed by atoms with Gasteiger partial charge >= 0.3 is 5.97 Å². The summed E-state index contributed by atoms with van der Waals surface area (Å²) in [6.45, 7) is 2.81. The summed E-state index contributed by atoms with van der Waals surface area (Å²) in [6.07, 6.45) is 1.37. The van der Waals surface area contributed by atoms with Gasteiger partial charge in [-0.1, -0.05) is 11.6 Å². The van der Waals surface area contributed by atoms with Crippen LogP contribution in [0.1, 0.15) is 30.1 Å². The Balaban J connectivity index is 2.12. The van der Waals surface area contributed by atoms with Crippen molar-refractivity contribution < 1.29 is 18.7 Å². The van der Waals surface area contributed by atoms with Gasteiger partial charge in [0.1, 0.15) is 5.82 Å². The smallest absolute Gasteiger partial charge is 0.310 e. The predicted molar refractivity (Wildman–Crippen MR) is 76.7 cm³/mol. The molecule has 0 aliphatic carbocycles. The van der Waals surface area contributed by atoms with Gasteiger partial charge in [0.2, 0.25) is 0 Å². The Hall–Kier alpha value is -1.62. The molecule has 1 heterocycles. The number of esters is 1. The number of amides is 1. The van der Waals surface area contributed by atoms with E-state index in [9.17, 15) is 14.0 Å². The van der Waals surface area contributed by atoms with Gasteiger partial charge < -0.3 is 9.64 Å². The minimum Gasteiger partial charge on any atom is -0.466 e. The lowest BCUT2D eigenvalue weighted by Gasteiger charge is -2.31. The highest BCUT2D eigenvalue weighted by molar-refractivity contribution is 6.31. The number of hydrogen-bond donors (Lipinski definition) is 0. The van der Waals surface area contributed by atoms with Crippen LogP contribution >= 0.6 is 11.6 Å². The van der Waals surface area contributed by atoms with Crippen molar-refractivity contribution in [2.45, 2.75) is 19.8 Å². The molecule has 114 valence electrons. The summed E-state index contributed by atoms with van der Waals surface area (Å²) >= 11 is 5.81. The third-order valence-corrected chi connectivity index (χ3v) is 3.72. The lowest BCUT2D eigenvalue weighted by atomic mass is 9.97. The maximum atomic E-state index is 13.8. The zero-order valence-electron chi connectivity index (χ0n) is 11.8. The monoisotopic (exact) mass is 313 g/mol. The fraction of sp³-hybridized carbons (Fsp3) is 0.467. The van der Waals surface area contributed by atoms with E-state index in [-0.39, 0.29) is 24.0 Å². The molecule has 0 radical (unpaired) electrons. The van der Waals surface area contributed by atoms with Crippen molar-refractivity contribution in [3.63, 3.8) is 0 Å². The number of carbonyl (C=O) groups excluding carboxylic acids is 2. The second-order valence-corrected chi connectivity index (χ2v) is 5.40. The number of piperidine rings is 1. The topological polar surface area (TPSA) is 46.6 Å². The Kier molecular flexibility index (Phi) is 5.17. The average Bonchev–Trinajstić information content (AvgIpc) is 2.49. The lowest BCUT2D eigenvalue weighted by Crippen LogP contribution is -2.43. The number of rotatable bonds is 3. The van der Waals surface area contributed by atoms with Crippen molar-refractivity contribution in [3.05, 3.63) is 34.6 Å². The van der Waals surface area contributed by atoms with Crippen LogP contribution in [-0.4, -0.2) is 36.5 Å². The van der Waals surface area contributed by atoms with E-state index in [2.05, 4.69) is 0 Å². The van der Waals surface area contributed by atoms with Gasteiger partial charge in [-0.3, -0.25) is 9.59 Å². The van der Waals surface area contributed by atoms with E-state index >= 15 is 0 Å². The van der Waals surface area contributed by atoms with E-state index in [1.165, 1.54) is 23.1 Å². The van der Waals surface area contributed by atoms with Gasteiger partial charge in [0, 0.05) is 18.1 Å². The first-order valence-electron chi connectivity index (χ1n) is 6.94. The van der Waals surface area contributed by atoms with E-state index in [1.54, 1.807) is 6.92 Å². The fourth-order valence-electron chi connectivity index (χ4n) is 2.45. The van der Waals surface area contributed by atoms with Gasteiger partial charge in [0.05, 0.1) is 18.1 Å². The minimum absolute atomic E-state index is 0.0630. The third kappa shape index (κ3) is 3.73. The SMILES string of the molecule is CCOC(=O)[C@H]1CCCN(C(=O)c2cc(Cl)ccc2F)C1. The molecule has 0 saturated carbocycles. The number of benzene rings is 1. The molecule has 1 saturated heterocycles. The summed E-state index contributed by atoms with van der Waals surface area (Å²) in [7, 11) is 0. The van der Waals surface area contributed by atoms with Crippen LogP contribution in [0.15, 0.2) is 18.2 Å². The molecule has 0 spiro atoms. The first-order valence-corrected chi connectivity index (χ1v) is 7.31. The second kappa shape index (κ2) is 6.89.